The van der Waals surface area contributed by atoms with E-state index in [4.69, 9.17) is 12.2 Å². The number of carbonyl (C=O) groups excluding carboxylic acids is 2. The molecule has 0 unspecified atom stereocenters. The predicted molar refractivity (Wildman–Crippen MR) is 99.1 cm³/mol. The normalized spacial score (nSPS) is 16.5. The van der Waals surface area contributed by atoms with Crippen LogP contribution in [-0.4, -0.2) is 16.9 Å². The number of imide groups is 1. The summed E-state index contributed by atoms with van der Waals surface area (Å²) in [6, 6.07) is 5.94. The number of benzene rings is 2. The molecule has 0 aliphatic carbocycles. The van der Waals surface area contributed by atoms with Gasteiger partial charge in [0, 0.05) is 0 Å². The first kappa shape index (κ1) is 21.5. The Morgan fingerprint density at radius 1 is 0.767 bits per heavy atom. The van der Waals surface area contributed by atoms with Crippen LogP contribution in [0.15, 0.2) is 48.0 Å². The van der Waals surface area contributed by atoms with Crippen LogP contribution in [0, 0.1) is 0 Å². The van der Waals surface area contributed by atoms with Gasteiger partial charge in [-0.15, -0.1) is 0 Å². The monoisotopic (exact) mass is 444 g/mol. The molecule has 0 aromatic heterocycles. The number of carbonyl (C=O) groups is 2. The van der Waals surface area contributed by atoms with Crippen molar-refractivity contribution in [2.24, 2.45) is 0 Å². The van der Waals surface area contributed by atoms with E-state index < -0.39 is 35.4 Å². The van der Waals surface area contributed by atoms with Crippen LogP contribution in [0.4, 0.5) is 31.1 Å². The van der Waals surface area contributed by atoms with Gasteiger partial charge in [0.2, 0.25) is 0 Å². The summed E-state index contributed by atoms with van der Waals surface area (Å²) in [7, 11) is 0. The van der Waals surface area contributed by atoms with Gasteiger partial charge in [0.05, 0.1) is 16.7 Å². The topological polar surface area (TPSA) is 58.2 Å². The van der Waals surface area contributed by atoms with E-state index in [1.807, 2.05) is 5.32 Å². The molecule has 1 aliphatic rings. The van der Waals surface area contributed by atoms with Crippen molar-refractivity contribution in [3.05, 3.63) is 64.7 Å². The molecular formula is C19H10F6N2O2S. The van der Waals surface area contributed by atoms with Gasteiger partial charge in [-0.05, 0) is 41.0 Å². The molecule has 30 heavy (non-hydrogen) atoms. The Morgan fingerprint density at radius 3 is 1.77 bits per heavy atom. The molecule has 3 rings (SSSR count). The van der Waals surface area contributed by atoms with Gasteiger partial charge in [-0.25, -0.2) is 4.79 Å². The zero-order valence-corrected chi connectivity index (χ0v) is 15.4. The second kappa shape index (κ2) is 7.56. The minimum atomic E-state index is -4.95. The maximum Gasteiger partial charge on any atom is 0.416 e. The van der Waals surface area contributed by atoms with Gasteiger partial charge in [0.15, 0.2) is 0 Å². The molecule has 3 amide bonds. The summed E-state index contributed by atoms with van der Waals surface area (Å²) in [4.78, 5) is 22.9. The number of rotatable bonds is 2. The molecular weight excluding hydrogens is 434 g/mol. The minimum absolute atomic E-state index is 0.0178. The molecule has 1 fully saturated rings. The summed E-state index contributed by atoms with van der Waals surface area (Å²) >= 11 is 4.91. The summed E-state index contributed by atoms with van der Waals surface area (Å²) in [5.74, 6) is -0.736. The first-order chi connectivity index (χ1) is 13.8. The van der Waals surface area contributed by atoms with Crippen molar-refractivity contribution >= 4 is 35.2 Å². The third-order valence-electron chi connectivity index (χ3n) is 4.09. The molecule has 1 saturated heterocycles. The first-order valence-electron chi connectivity index (χ1n) is 8.13. The summed E-state index contributed by atoms with van der Waals surface area (Å²) in [6.45, 7) is 0. The SMILES string of the molecule is O=C1NC(=O)/C(=C\c2ccc(-c3cc(C(F)(F)F)cc(C(F)(F)F)c3)cc2)C(=S)N1. The molecule has 0 spiro atoms. The number of halogens is 6. The van der Waals surface area contributed by atoms with Crippen LogP contribution in [-0.2, 0) is 17.1 Å². The Hall–Kier alpha value is -3.21. The van der Waals surface area contributed by atoms with E-state index in [1.165, 1.54) is 30.3 Å². The van der Waals surface area contributed by atoms with Gasteiger partial charge in [0.25, 0.3) is 5.91 Å². The third kappa shape index (κ3) is 4.67. The van der Waals surface area contributed by atoms with Gasteiger partial charge in [-0.1, -0.05) is 36.5 Å². The number of hydrogen-bond donors (Lipinski definition) is 2. The second-order valence-corrected chi connectivity index (χ2v) is 6.62. The fourth-order valence-electron chi connectivity index (χ4n) is 2.67. The summed E-state index contributed by atoms with van der Waals surface area (Å²) in [5.41, 5.74) is -2.62. The molecule has 1 heterocycles. The van der Waals surface area contributed by atoms with Crippen LogP contribution < -0.4 is 10.6 Å². The van der Waals surface area contributed by atoms with Crippen LogP contribution in [0.1, 0.15) is 16.7 Å². The Bertz CT molecular complexity index is 1020. The molecule has 2 aromatic carbocycles. The molecule has 156 valence electrons. The number of urea groups is 1. The van der Waals surface area contributed by atoms with Crippen molar-refractivity contribution in [1.29, 1.82) is 0 Å². The summed E-state index contributed by atoms with van der Waals surface area (Å²) in [5, 5.41) is 4.24. The van der Waals surface area contributed by atoms with E-state index in [1.54, 1.807) is 0 Å². The fraction of sp³-hybridized carbons (Fsp3) is 0.105. The molecule has 0 radical (unpaired) electrons. The Balaban J connectivity index is 1.98. The molecule has 2 aromatic rings. The largest absolute Gasteiger partial charge is 0.416 e. The van der Waals surface area contributed by atoms with Gasteiger partial charge < -0.3 is 0 Å². The van der Waals surface area contributed by atoms with Crippen LogP contribution in [0.5, 0.6) is 0 Å². The smallest absolute Gasteiger partial charge is 0.298 e. The van der Waals surface area contributed by atoms with Crippen molar-refractivity contribution in [2.45, 2.75) is 12.4 Å². The lowest BCUT2D eigenvalue weighted by Crippen LogP contribution is -2.50. The summed E-state index contributed by atoms with van der Waals surface area (Å²) in [6.07, 6.45) is -8.57. The molecule has 2 N–H and O–H groups in total. The Kier molecular flexibility index (Phi) is 5.42. The minimum Gasteiger partial charge on any atom is -0.298 e. The number of hydrogen-bond acceptors (Lipinski definition) is 3. The Morgan fingerprint density at radius 2 is 1.30 bits per heavy atom. The maximum atomic E-state index is 13.0. The van der Waals surface area contributed by atoms with Gasteiger partial charge in [0.1, 0.15) is 4.99 Å². The molecule has 0 bridgehead atoms. The number of amides is 3. The van der Waals surface area contributed by atoms with Crippen molar-refractivity contribution < 1.29 is 35.9 Å². The lowest BCUT2D eigenvalue weighted by Gasteiger charge is -2.16. The van der Waals surface area contributed by atoms with Gasteiger partial charge >= 0.3 is 18.4 Å². The average molecular weight is 444 g/mol. The van der Waals surface area contributed by atoms with Crippen LogP contribution in [0.2, 0.25) is 0 Å². The van der Waals surface area contributed by atoms with Crippen LogP contribution >= 0.6 is 12.2 Å². The van der Waals surface area contributed by atoms with Crippen LogP contribution in [0.3, 0.4) is 0 Å². The summed E-state index contributed by atoms with van der Waals surface area (Å²) < 4.78 is 78.1. The van der Waals surface area contributed by atoms with Crippen molar-refractivity contribution in [3.63, 3.8) is 0 Å². The third-order valence-corrected chi connectivity index (χ3v) is 4.41. The van der Waals surface area contributed by atoms with E-state index >= 15 is 0 Å². The van der Waals surface area contributed by atoms with E-state index in [9.17, 15) is 35.9 Å². The second-order valence-electron chi connectivity index (χ2n) is 6.21. The number of nitrogens with one attached hydrogen (secondary N) is 2. The highest BCUT2D eigenvalue weighted by atomic mass is 32.1. The quantitative estimate of drug-likeness (QED) is 0.392. The molecule has 1 aliphatic heterocycles. The highest BCUT2D eigenvalue weighted by Gasteiger charge is 2.37. The standard InChI is InChI=1S/C19H10F6N2O2S/c20-18(21,22)12-6-11(7-13(8-12)19(23,24)25)10-3-1-9(2-4-10)5-14-15(28)26-17(29)27-16(14)30/h1-8H,(H2,26,27,28,29,30)/b14-5+. The molecule has 4 nitrogen and oxygen atoms in total. The highest BCUT2D eigenvalue weighted by Crippen LogP contribution is 2.38. The van der Waals surface area contributed by atoms with Crippen molar-refractivity contribution in [3.8, 4) is 11.1 Å². The van der Waals surface area contributed by atoms with E-state index in [0.29, 0.717) is 17.7 Å². The van der Waals surface area contributed by atoms with E-state index in [2.05, 4.69) is 5.32 Å². The maximum absolute atomic E-state index is 13.0. The van der Waals surface area contributed by atoms with Gasteiger partial charge in [-0.3, -0.25) is 15.4 Å². The zero-order chi connectivity index (χ0) is 22.3. The van der Waals surface area contributed by atoms with Gasteiger partial charge in [-0.2, -0.15) is 26.3 Å². The van der Waals surface area contributed by atoms with E-state index in [0.717, 1.165) is 0 Å². The number of thiocarbonyl (C=S) groups is 1. The zero-order valence-electron chi connectivity index (χ0n) is 14.6. The van der Waals surface area contributed by atoms with Crippen molar-refractivity contribution in [2.75, 3.05) is 0 Å². The molecule has 0 atom stereocenters. The number of alkyl halides is 6. The highest BCUT2D eigenvalue weighted by molar-refractivity contribution is 7.81. The fourth-order valence-corrected chi connectivity index (χ4v) is 2.91. The molecule has 0 saturated carbocycles. The molecule has 11 heteroatoms. The lowest BCUT2D eigenvalue weighted by molar-refractivity contribution is -0.143. The van der Waals surface area contributed by atoms with E-state index in [-0.39, 0.29) is 27.8 Å². The average Bonchev–Trinajstić information content (AvgIpc) is 2.63. The Labute approximate surface area is 170 Å². The van der Waals surface area contributed by atoms with Crippen molar-refractivity contribution in [1.82, 2.24) is 10.6 Å². The van der Waals surface area contributed by atoms with Crippen LogP contribution in [0.25, 0.3) is 17.2 Å². The predicted octanol–water partition coefficient (Wildman–Crippen LogP) is 4.94. The lowest BCUT2D eigenvalue weighted by atomic mass is 9.98. The first-order valence-corrected chi connectivity index (χ1v) is 8.54.